The van der Waals surface area contributed by atoms with Gasteiger partial charge in [-0.15, -0.1) is 0 Å². The summed E-state index contributed by atoms with van der Waals surface area (Å²) in [6, 6.07) is 8.21. The third kappa shape index (κ3) is 6.72. The van der Waals surface area contributed by atoms with E-state index in [2.05, 4.69) is 10.6 Å². The van der Waals surface area contributed by atoms with Crippen molar-refractivity contribution in [2.75, 3.05) is 13.2 Å². The van der Waals surface area contributed by atoms with Crippen LogP contribution in [-0.4, -0.2) is 41.4 Å². The number of carbonyl (C=O) groups excluding carboxylic acids is 1. The zero-order valence-electron chi connectivity index (χ0n) is 12.1. The van der Waals surface area contributed by atoms with Gasteiger partial charge in [0, 0.05) is 25.6 Å². The van der Waals surface area contributed by atoms with Crippen molar-refractivity contribution in [3.05, 3.63) is 35.4 Å². The van der Waals surface area contributed by atoms with Gasteiger partial charge >= 0.3 is 6.09 Å². The first-order chi connectivity index (χ1) is 10.5. The average Bonchev–Trinajstić information content (AvgIpc) is 2.47. The molecule has 7 nitrogen and oxygen atoms in total. The van der Waals surface area contributed by atoms with Crippen LogP contribution in [0.4, 0.5) is 4.79 Å². The molecule has 1 aromatic carbocycles. The van der Waals surface area contributed by atoms with Crippen LogP contribution in [-0.2, 0) is 11.2 Å². The fraction of sp³-hybridized carbons (Fsp3) is 0.400. The maximum Gasteiger partial charge on any atom is 0.404 e. The van der Waals surface area contributed by atoms with Crippen molar-refractivity contribution in [3.8, 4) is 6.07 Å². The van der Waals surface area contributed by atoms with Crippen LogP contribution in [0.3, 0.4) is 0 Å². The summed E-state index contributed by atoms with van der Waals surface area (Å²) >= 11 is 0. The number of nitriles is 1. The van der Waals surface area contributed by atoms with Gasteiger partial charge in [-0.3, -0.25) is 4.79 Å². The Kier molecular flexibility index (Phi) is 7.43. The number of carbonyl (C=O) groups is 2. The van der Waals surface area contributed by atoms with Gasteiger partial charge in [0.05, 0.1) is 11.6 Å². The minimum atomic E-state index is -1.19. The van der Waals surface area contributed by atoms with E-state index in [0.717, 1.165) is 5.56 Å². The first-order valence-corrected chi connectivity index (χ1v) is 6.91. The number of nitrogens with zero attached hydrogens (tertiary/aromatic N) is 1. The van der Waals surface area contributed by atoms with Gasteiger partial charge in [0.25, 0.3) is 0 Å². The number of aliphatic hydroxyl groups is 1. The Morgan fingerprint density at radius 3 is 2.50 bits per heavy atom. The standard InChI is InChI=1S/C15H19N3O4/c16-10-12-4-2-11(3-5-12)8-13(18-15(21)22)9-14(20)17-6-1-7-19/h2-5,13,18-19H,1,6-9H2,(H,17,20)(H,21,22). The van der Waals surface area contributed by atoms with Crippen LogP contribution in [0.25, 0.3) is 0 Å². The Labute approximate surface area is 128 Å². The highest BCUT2D eigenvalue weighted by atomic mass is 16.4. The summed E-state index contributed by atoms with van der Waals surface area (Å²) in [6.45, 7) is 0.342. The highest BCUT2D eigenvalue weighted by Gasteiger charge is 2.16. The lowest BCUT2D eigenvalue weighted by molar-refractivity contribution is -0.121. The molecule has 1 unspecified atom stereocenters. The predicted octanol–water partition coefficient (Wildman–Crippen LogP) is 0.626. The molecule has 0 bridgehead atoms. The van der Waals surface area contributed by atoms with Crippen LogP contribution in [0, 0.1) is 11.3 Å². The molecule has 1 rings (SSSR count). The van der Waals surface area contributed by atoms with E-state index in [-0.39, 0.29) is 18.9 Å². The molecule has 0 saturated carbocycles. The van der Waals surface area contributed by atoms with Crippen LogP contribution in [0.1, 0.15) is 24.0 Å². The smallest absolute Gasteiger partial charge is 0.404 e. The van der Waals surface area contributed by atoms with Crippen molar-refractivity contribution in [2.45, 2.75) is 25.3 Å². The molecule has 0 aliphatic carbocycles. The fourth-order valence-electron chi connectivity index (χ4n) is 1.95. The lowest BCUT2D eigenvalue weighted by atomic mass is 10.0. The molecule has 4 N–H and O–H groups in total. The summed E-state index contributed by atoms with van der Waals surface area (Å²) in [4.78, 5) is 22.6. The summed E-state index contributed by atoms with van der Waals surface area (Å²) in [5, 5.41) is 31.2. The molecule has 2 amide bonds. The van der Waals surface area contributed by atoms with Crippen LogP contribution < -0.4 is 10.6 Å². The number of amides is 2. The highest BCUT2D eigenvalue weighted by molar-refractivity contribution is 5.77. The number of hydrogen-bond acceptors (Lipinski definition) is 4. The lowest BCUT2D eigenvalue weighted by Gasteiger charge is -2.17. The van der Waals surface area contributed by atoms with E-state index >= 15 is 0 Å². The quantitative estimate of drug-likeness (QED) is 0.525. The Morgan fingerprint density at radius 1 is 1.27 bits per heavy atom. The van der Waals surface area contributed by atoms with Crippen molar-refractivity contribution in [1.29, 1.82) is 5.26 Å². The molecule has 1 aromatic rings. The van der Waals surface area contributed by atoms with Gasteiger partial charge in [0.1, 0.15) is 0 Å². The molecule has 1 atom stereocenters. The second kappa shape index (κ2) is 9.37. The number of benzene rings is 1. The van der Waals surface area contributed by atoms with E-state index in [1.165, 1.54) is 0 Å². The van der Waals surface area contributed by atoms with E-state index in [9.17, 15) is 9.59 Å². The molecule has 0 fully saturated rings. The molecule has 0 aliphatic heterocycles. The van der Waals surface area contributed by atoms with Gasteiger partial charge in [-0.25, -0.2) is 4.79 Å². The summed E-state index contributed by atoms with van der Waals surface area (Å²) in [6.07, 6.45) is -0.372. The molecular formula is C15H19N3O4. The molecule has 0 heterocycles. The molecule has 7 heteroatoms. The fourth-order valence-corrected chi connectivity index (χ4v) is 1.95. The Bertz CT molecular complexity index is 537. The second-order valence-electron chi connectivity index (χ2n) is 4.79. The van der Waals surface area contributed by atoms with Crippen molar-refractivity contribution >= 4 is 12.0 Å². The molecule has 0 aromatic heterocycles. The largest absolute Gasteiger partial charge is 0.465 e. The Morgan fingerprint density at radius 2 is 1.95 bits per heavy atom. The zero-order valence-corrected chi connectivity index (χ0v) is 12.1. The molecule has 118 valence electrons. The molecule has 0 aliphatic rings. The third-order valence-corrected chi connectivity index (χ3v) is 2.98. The minimum Gasteiger partial charge on any atom is -0.465 e. The zero-order chi connectivity index (χ0) is 16.4. The summed E-state index contributed by atoms with van der Waals surface area (Å²) in [5.74, 6) is -0.277. The van der Waals surface area contributed by atoms with Crippen LogP contribution >= 0.6 is 0 Å². The summed E-state index contributed by atoms with van der Waals surface area (Å²) in [7, 11) is 0. The van der Waals surface area contributed by atoms with Crippen molar-refractivity contribution in [2.24, 2.45) is 0 Å². The summed E-state index contributed by atoms with van der Waals surface area (Å²) < 4.78 is 0. The number of rotatable bonds is 8. The van der Waals surface area contributed by atoms with Crippen LogP contribution in [0.5, 0.6) is 0 Å². The number of aliphatic hydroxyl groups excluding tert-OH is 1. The van der Waals surface area contributed by atoms with Gasteiger partial charge in [0.15, 0.2) is 0 Å². The van der Waals surface area contributed by atoms with Gasteiger partial charge < -0.3 is 20.8 Å². The van der Waals surface area contributed by atoms with Crippen LogP contribution in [0.2, 0.25) is 0 Å². The van der Waals surface area contributed by atoms with E-state index in [1.807, 2.05) is 6.07 Å². The molecule has 0 radical (unpaired) electrons. The lowest BCUT2D eigenvalue weighted by Crippen LogP contribution is -2.40. The summed E-state index contributed by atoms with van der Waals surface area (Å²) in [5.41, 5.74) is 1.36. The average molecular weight is 305 g/mol. The van der Waals surface area contributed by atoms with Crippen molar-refractivity contribution < 1.29 is 19.8 Å². The van der Waals surface area contributed by atoms with Gasteiger partial charge in [0.2, 0.25) is 5.91 Å². The molecule has 0 saturated heterocycles. The van der Waals surface area contributed by atoms with Gasteiger partial charge in [-0.05, 0) is 30.5 Å². The van der Waals surface area contributed by atoms with E-state index in [4.69, 9.17) is 15.5 Å². The topological polar surface area (TPSA) is 122 Å². The number of carboxylic acid groups (broad SMARTS) is 1. The van der Waals surface area contributed by atoms with E-state index in [1.54, 1.807) is 24.3 Å². The van der Waals surface area contributed by atoms with Gasteiger partial charge in [-0.1, -0.05) is 12.1 Å². The monoisotopic (exact) mass is 305 g/mol. The van der Waals surface area contributed by atoms with Crippen molar-refractivity contribution in [3.63, 3.8) is 0 Å². The minimum absolute atomic E-state index is 0.0116. The maximum atomic E-state index is 11.7. The third-order valence-electron chi connectivity index (χ3n) is 2.98. The predicted molar refractivity (Wildman–Crippen MR) is 79.1 cm³/mol. The van der Waals surface area contributed by atoms with Crippen LogP contribution in [0.15, 0.2) is 24.3 Å². The Balaban J connectivity index is 2.61. The molecule has 22 heavy (non-hydrogen) atoms. The van der Waals surface area contributed by atoms with E-state index in [0.29, 0.717) is 24.9 Å². The first-order valence-electron chi connectivity index (χ1n) is 6.91. The number of hydrogen-bond donors (Lipinski definition) is 4. The maximum absolute atomic E-state index is 11.7. The van der Waals surface area contributed by atoms with E-state index < -0.39 is 12.1 Å². The van der Waals surface area contributed by atoms with Crippen molar-refractivity contribution in [1.82, 2.24) is 10.6 Å². The van der Waals surface area contributed by atoms with Gasteiger partial charge in [-0.2, -0.15) is 5.26 Å². The normalized spacial score (nSPS) is 11.3. The first kappa shape index (κ1) is 17.5. The second-order valence-corrected chi connectivity index (χ2v) is 4.79. The SMILES string of the molecule is N#Cc1ccc(CC(CC(=O)NCCCO)NC(=O)O)cc1. The highest BCUT2D eigenvalue weighted by Crippen LogP contribution is 2.08. The Hall–Kier alpha value is -2.59. The molecular weight excluding hydrogens is 286 g/mol. The number of nitrogens with one attached hydrogen (secondary N) is 2. The molecule has 0 spiro atoms.